The van der Waals surface area contributed by atoms with Crippen molar-refractivity contribution in [3.05, 3.63) is 35.4 Å². The van der Waals surface area contributed by atoms with E-state index in [4.69, 9.17) is 23.2 Å². The van der Waals surface area contributed by atoms with E-state index < -0.39 is 33.4 Å². The van der Waals surface area contributed by atoms with Crippen molar-refractivity contribution < 1.29 is 18.4 Å². The van der Waals surface area contributed by atoms with Gasteiger partial charge < -0.3 is 5.32 Å². The van der Waals surface area contributed by atoms with Crippen LogP contribution in [0.4, 0.5) is 13.6 Å². The lowest BCUT2D eigenvalue weighted by atomic mass is 9.91. The van der Waals surface area contributed by atoms with Gasteiger partial charge in [-0.1, -0.05) is 0 Å². The van der Waals surface area contributed by atoms with Crippen LogP contribution in [-0.4, -0.2) is 27.7 Å². The van der Waals surface area contributed by atoms with Gasteiger partial charge in [-0.05, 0) is 31.5 Å². The summed E-state index contributed by atoms with van der Waals surface area (Å²) in [7, 11) is 0. The Hall–Kier alpha value is -1.40. The quantitative estimate of drug-likeness (QED) is 0.674. The van der Waals surface area contributed by atoms with Crippen LogP contribution < -0.4 is 5.32 Å². The Labute approximate surface area is 135 Å². The summed E-state index contributed by atoms with van der Waals surface area (Å²) in [5.74, 6) is -2.33. The number of hydrogen-bond acceptors (Lipinski definition) is 2. The van der Waals surface area contributed by atoms with Crippen molar-refractivity contribution in [3.8, 4) is 0 Å². The highest BCUT2D eigenvalue weighted by Gasteiger charge is 2.57. The van der Waals surface area contributed by atoms with Crippen molar-refractivity contribution in [3.63, 3.8) is 0 Å². The molecule has 118 valence electrons. The summed E-state index contributed by atoms with van der Waals surface area (Å²) in [6.07, 6.45) is 0.470. The number of nitrogens with one attached hydrogen (secondary N) is 1. The maximum Gasteiger partial charge on any atom is 0.325 e. The molecule has 1 saturated heterocycles. The van der Waals surface area contributed by atoms with Gasteiger partial charge in [0.05, 0.1) is 0 Å². The molecule has 8 heteroatoms. The van der Waals surface area contributed by atoms with E-state index in [0.717, 1.165) is 23.1 Å². The minimum Gasteiger partial charge on any atom is -0.319 e. The van der Waals surface area contributed by atoms with Crippen LogP contribution in [-0.2, 0) is 10.3 Å². The molecule has 0 bridgehead atoms. The first-order valence-corrected chi connectivity index (χ1v) is 7.38. The zero-order valence-corrected chi connectivity index (χ0v) is 13.0. The highest BCUT2D eigenvalue weighted by Crippen LogP contribution is 2.53. The Bertz CT molecular complexity index is 683. The highest BCUT2D eigenvalue weighted by molar-refractivity contribution is 6.50. The molecule has 3 rings (SSSR count). The number of alkyl halides is 2. The maximum absolute atomic E-state index is 14.0. The normalized spacial score (nSPS) is 29.7. The molecule has 3 amide bonds. The van der Waals surface area contributed by atoms with Gasteiger partial charge in [0.2, 0.25) is 0 Å². The molecule has 1 aliphatic heterocycles. The Morgan fingerprint density at radius 2 is 2.00 bits per heavy atom. The zero-order valence-electron chi connectivity index (χ0n) is 11.5. The number of nitrogens with zero attached hydrogens (tertiary/aromatic N) is 1. The monoisotopic (exact) mass is 348 g/mol. The molecule has 22 heavy (non-hydrogen) atoms. The van der Waals surface area contributed by atoms with Crippen molar-refractivity contribution in [1.29, 1.82) is 0 Å². The molecule has 0 spiro atoms. The smallest absolute Gasteiger partial charge is 0.319 e. The molecule has 1 N–H and O–H groups in total. The van der Waals surface area contributed by atoms with Gasteiger partial charge >= 0.3 is 6.03 Å². The van der Waals surface area contributed by atoms with E-state index in [1.54, 1.807) is 0 Å². The average Bonchev–Trinajstić information content (AvgIpc) is 2.97. The molecule has 1 heterocycles. The van der Waals surface area contributed by atoms with Crippen LogP contribution in [0.1, 0.15) is 18.9 Å². The molecule has 1 aliphatic carbocycles. The van der Waals surface area contributed by atoms with Crippen LogP contribution in [0.15, 0.2) is 18.2 Å². The molecular weight excluding hydrogens is 337 g/mol. The van der Waals surface area contributed by atoms with E-state index in [9.17, 15) is 18.4 Å². The minimum atomic E-state index is -1.65. The van der Waals surface area contributed by atoms with E-state index in [1.807, 2.05) is 0 Å². The second kappa shape index (κ2) is 4.80. The molecule has 0 radical (unpaired) electrons. The van der Waals surface area contributed by atoms with Crippen molar-refractivity contribution in [2.45, 2.75) is 23.2 Å². The summed E-state index contributed by atoms with van der Waals surface area (Å²) >= 11 is 11.8. The van der Waals surface area contributed by atoms with Crippen molar-refractivity contribution in [1.82, 2.24) is 10.2 Å². The number of amides is 3. The number of hydrogen-bond donors (Lipinski definition) is 1. The minimum absolute atomic E-state index is 0.0458. The van der Waals surface area contributed by atoms with Crippen LogP contribution in [0.2, 0.25) is 0 Å². The lowest BCUT2D eigenvalue weighted by Crippen LogP contribution is -2.42. The number of benzene rings is 1. The van der Waals surface area contributed by atoms with E-state index in [0.29, 0.717) is 6.42 Å². The molecule has 2 atom stereocenters. The Morgan fingerprint density at radius 1 is 1.36 bits per heavy atom. The second-order valence-corrected chi connectivity index (χ2v) is 7.30. The third kappa shape index (κ3) is 2.34. The molecule has 1 saturated carbocycles. The first kappa shape index (κ1) is 15.5. The molecule has 1 aromatic carbocycles. The fraction of sp³-hybridized carbons (Fsp3) is 0.429. The summed E-state index contributed by atoms with van der Waals surface area (Å²) in [6, 6.07) is 2.09. The topological polar surface area (TPSA) is 49.4 Å². The van der Waals surface area contributed by atoms with E-state index in [-0.39, 0.29) is 18.0 Å². The number of halogens is 4. The molecular formula is C14H12Cl2F2N2O2. The van der Waals surface area contributed by atoms with Crippen LogP contribution >= 0.6 is 23.2 Å². The number of rotatable bonds is 3. The molecule has 4 nitrogen and oxygen atoms in total. The summed E-state index contributed by atoms with van der Waals surface area (Å²) in [4.78, 5) is 25.5. The SMILES string of the molecule is C[C@]1(c2cc(F)ccc2F)NC(=O)N(C[C@H]2CC2(Cl)Cl)C1=O. The van der Waals surface area contributed by atoms with Gasteiger partial charge in [-0.3, -0.25) is 9.69 Å². The summed E-state index contributed by atoms with van der Waals surface area (Å²) in [5, 5.41) is 2.42. The molecule has 2 aliphatic rings. The van der Waals surface area contributed by atoms with Crippen LogP contribution in [0.25, 0.3) is 0 Å². The van der Waals surface area contributed by atoms with Crippen LogP contribution in [0.3, 0.4) is 0 Å². The largest absolute Gasteiger partial charge is 0.325 e. The van der Waals surface area contributed by atoms with Gasteiger partial charge in [0.25, 0.3) is 5.91 Å². The number of carbonyl (C=O) groups excluding carboxylic acids is 2. The van der Waals surface area contributed by atoms with Gasteiger partial charge in [-0.15, -0.1) is 23.2 Å². The first-order valence-electron chi connectivity index (χ1n) is 6.62. The summed E-state index contributed by atoms with van der Waals surface area (Å²) < 4.78 is 26.4. The molecule has 2 fully saturated rings. The Balaban J connectivity index is 1.90. The van der Waals surface area contributed by atoms with Gasteiger partial charge in [0.1, 0.15) is 21.5 Å². The fourth-order valence-corrected chi connectivity index (χ4v) is 3.12. The summed E-state index contributed by atoms with van der Waals surface area (Å²) in [6.45, 7) is 1.39. The first-order chi connectivity index (χ1) is 10.1. The predicted molar refractivity (Wildman–Crippen MR) is 76.5 cm³/mol. The number of carbonyl (C=O) groups is 2. The lowest BCUT2D eigenvalue weighted by Gasteiger charge is -2.23. The van der Waals surface area contributed by atoms with E-state index >= 15 is 0 Å². The van der Waals surface area contributed by atoms with Crippen molar-refractivity contribution in [2.75, 3.05) is 6.54 Å². The van der Waals surface area contributed by atoms with Gasteiger partial charge in [0.15, 0.2) is 0 Å². The van der Waals surface area contributed by atoms with Crippen molar-refractivity contribution in [2.24, 2.45) is 5.92 Å². The average molecular weight is 349 g/mol. The van der Waals surface area contributed by atoms with E-state index in [1.165, 1.54) is 6.92 Å². The number of urea groups is 1. The lowest BCUT2D eigenvalue weighted by molar-refractivity contribution is -0.131. The Kier molecular flexibility index (Phi) is 3.38. The van der Waals surface area contributed by atoms with Gasteiger partial charge in [0, 0.05) is 18.0 Å². The third-order valence-corrected chi connectivity index (χ3v) is 5.03. The predicted octanol–water partition coefficient (Wildman–Crippen LogP) is 2.93. The summed E-state index contributed by atoms with van der Waals surface area (Å²) in [5.41, 5.74) is -1.87. The van der Waals surface area contributed by atoms with Crippen LogP contribution in [0.5, 0.6) is 0 Å². The van der Waals surface area contributed by atoms with Gasteiger partial charge in [-0.2, -0.15) is 0 Å². The fourth-order valence-electron chi connectivity index (χ4n) is 2.61. The second-order valence-electron chi connectivity index (χ2n) is 5.76. The number of imide groups is 1. The molecule has 1 aromatic rings. The third-order valence-electron chi connectivity index (χ3n) is 4.10. The maximum atomic E-state index is 14.0. The molecule has 0 aromatic heterocycles. The Morgan fingerprint density at radius 3 is 2.59 bits per heavy atom. The molecule has 0 unspecified atom stereocenters. The van der Waals surface area contributed by atoms with E-state index in [2.05, 4.69) is 5.32 Å². The van der Waals surface area contributed by atoms with Crippen LogP contribution in [0, 0.1) is 17.6 Å². The highest BCUT2D eigenvalue weighted by atomic mass is 35.5. The zero-order chi connectivity index (χ0) is 16.3. The van der Waals surface area contributed by atoms with Gasteiger partial charge in [-0.25, -0.2) is 13.6 Å². The van der Waals surface area contributed by atoms with Crippen molar-refractivity contribution >= 4 is 35.1 Å². The standard InChI is InChI=1S/C14H12Cl2F2N2O2/c1-13(9-4-8(17)2-3-10(9)18)11(21)20(12(22)19-13)6-7-5-14(7,15)16/h2-4,7H,5-6H2,1H3,(H,19,22)/t7-,13-/m1/s1.